The average Bonchev–Trinajstić information content (AvgIpc) is 2.39. The summed E-state index contributed by atoms with van der Waals surface area (Å²) in [7, 11) is 0. The highest BCUT2D eigenvalue weighted by Crippen LogP contribution is 2.27. The van der Waals surface area contributed by atoms with E-state index in [2.05, 4.69) is 53.0 Å². The van der Waals surface area contributed by atoms with Crippen molar-refractivity contribution < 1.29 is 5.11 Å². The molecule has 0 fully saturated rings. The number of hydrogen-bond acceptors (Lipinski definition) is 1. The Hall–Kier alpha value is -1.08. The Morgan fingerprint density at radius 2 is 2.05 bits per heavy atom. The van der Waals surface area contributed by atoms with Gasteiger partial charge in [-0.1, -0.05) is 41.5 Å². The molecule has 120 valence electrons. The standard InChI is InChI=1S/C10H18O.C10H16/c1-5-10(4,11)8-6-7-9(2)3;1-8(2)10-6-4-9(3)5-7-10/h5,7,11H,1,6,8H2,2-4H3;4,10H,1,5-7H2,2-3H3/t;10-/m.0/s1. The van der Waals surface area contributed by atoms with E-state index >= 15 is 0 Å². The van der Waals surface area contributed by atoms with Gasteiger partial charge in [-0.2, -0.15) is 0 Å². The van der Waals surface area contributed by atoms with Crippen molar-refractivity contribution in [3.63, 3.8) is 0 Å². The van der Waals surface area contributed by atoms with Crippen molar-refractivity contribution in [2.45, 2.75) is 72.3 Å². The molecule has 21 heavy (non-hydrogen) atoms. The zero-order chi connectivity index (χ0) is 16.5. The Morgan fingerprint density at radius 1 is 1.43 bits per heavy atom. The van der Waals surface area contributed by atoms with Crippen LogP contribution in [0.3, 0.4) is 0 Å². The molecule has 1 unspecified atom stereocenters. The maximum atomic E-state index is 9.49. The lowest BCUT2D eigenvalue weighted by Gasteiger charge is -2.19. The van der Waals surface area contributed by atoms with Crippen molar-refractivity contribution in [3.8, 4) is 0 Å². The third kappa shape index (κ3) is 10.3. The molecule has 1 aliphatic carbocycles. The lowest BCUT2D eigenvalue weighted by atomic mass is 9.86. The first-order chi connectivity index (χ1) is 9.68. The summed E-state index contributed by atoms with van der Waals surface area (Å²) in [5.74, 6) is 0.767. The molecule has 0 heterocycles. The van der Waals surface area contributed by atoms with Gasteiger partial charge in [0.05, 0.1) is 5.60 Å². The summed E-state index contributed by atoms with van der Waals surface area (Å²) >= 11 is 0. The van der Waals surface area contributed by atoms with Crippen LogP contribution in [0.4, 0.5) is 0 Å². The molecule has 0 saturated carbocycles. The summed E-state index contributed by atoms with van der Waals surface area (Å²) in [5, 5.41) is 9.49. The largest absolute Gasteiger partial charge is 0.386 e. The van der Waals surface area contributed by atoms with Crippen molar-refractivity contribution >= 4 is 0 Å². The molecule has 0 aromatic carbocycles. The highest BCUT2D eigenvalue weighted by atomic mass is 16.3. The van der Waals surface area contributed by atoms with Gasteiger partial charge in [-0.15, -0.1) is 6.58 Å². The Labute approximate surface area is 132 Å². The van der Waals surface area contributed by atoms with Gasteiger partial charge >= 0.3 is 0 Å². The molecule has 1 heteroatoms. The van der Waals surface area contributed by atoms with Gasteiger partial charge in [-0.3, -0.25) is 0 Å². The first kappa shape index (κ1) is 19.9. The third-order valence-corrected chi connectivity index (χ3v) is 3.98. The minimum Gasteiger partial charge on any atom is -0.386 e. The number of hydrogen-bond donors (Lipinski definition) is 1. The van der Waals surface area contributed by atoms with Crippen LogP contribution in [0.2, 0.25) is 0 Å². The van der Waals surface area contributed by atoms with Gasteiger partial charge in [-0.25, -0.2) is 0 Å². The molecule has 0 spiro atoms. The van der Waals surface area contributed by atoms with Gasteiger partial charge in [0.25, 0.3) is 0 Å². The third-order valence-electron chi connectivity index (χ3n) is 3.98. The Morgan fingerprint density at radius 3 is 2.43 bits per heavy atom. The van der Waals surface area contributed by atoms with Crippen molar-refractivity contribution in [2.75, 3.05) is 0 Å². The number of aliphatic hydroxyl groups is 1. The van der Waals surface area contributed by atoms with Crippen molar-refractivity contribution in [1.82, 2.24) is 0 Å². The summed E-state index contributed by atoms with van der Waals surface area (Å²) in [5.41, 5.74) is 3.50. The molecule has 0 amide bonds. The summed E-state index contributed by atoms with van der Waals surface area (Å²) in [6, 6.07) is 0. The van der Waals surface area contributed by atoms with Gasteiger partial charge < -0.3 is 5.11 Å². The van der Waals surface area contributed by atoms with E-state index in [1.165, 1.54) is 30.4 Å². The van der Waals surface area contributed by atoms with Crippen LogP contribution in [0.15, 0.2) is 48.1 Å². The van der Waals surface area contributed by atoms with Gasteiger partial charge in [-0.05, 0) is 72.6 Å². The van der Waals surface area contributed by atoms with E-state index in [0.29, 0.717) is 0 Å². The van der Waals surface area contributed by atoms with Crippen LogP contribution in [0.1, 0.15) is 66.7 Å². The van der Waals surface area contributed by atoms with E-state index < -0.39 is 5.60 Å². The maximum Gasteiger partial charge on any atom is 0.0800 e. The Bertz CT molecular complexity index is 392. The van der Waals surface area contributed by atoms with Gasteiger partial charge in [0, 0.05) is 0 Å². The SMILES string of the molecule is C=C(C)[C@H]1CC=C(C)CC1.C=CC(C)(O)CCC=C(C)C. The summed E-state index contributed by atoms with van der Waals surface area (Å²) in [6.07, 6.45) is 11.5. The fraction of sp³-hybridized carbons (Fsp3) is 0.600. The first-order valence-electron chi connectivity index (χ1n) is 7.98. The van der Waals surface area contributed by atoms with Crippen LogP contribution >= 0.6 is 0 Å². The van der Waals surface area contributed by atoms with Gasteiger partial charge in [0.15, 0.2) is 0 Å². The van der Waals surface area contributed by atoms with Crippen molar-refractivity contribution in [3.05, 3.63) is 48.1 Å². The van der Waals surface area contributed by atoms with E-state index in [4.69, 9.17) is 0 Å². The van der Waals surface area contributed by atoms with Crippen LogP contribution < -0.4 is 0 Å². The molecular formula is C20H34O. The van der Waals surface area contributed by atoms with E-state index in [1.807, 2.05) is 0 Å². The maximum absolute atomic E-state index is 9.49. The smallest absolute Gasteiger partial charge is 0.0800 e. The molecule has 0 aromatic rings. The van der Waals surface area contributed by atoms with Crippen LogP contribution in [-0.4, -0.2) is 10.7 Å². The highest BCUT2D eigenvalue weighted by molar-refractivity contribution is 5.09. The molecule has 2 atom stereocenters. The average molecular weight is 290 g/mol. The van der Waals surface area contributed by atoms with Gasteiger partial charge in [0.2, 0.25) is 0 Å². The molecule has 1 nitrogen and oxygen atoms in total. The zero-order valence-corrected chi connectivity index (χ0v) is 14.7. The van der Waals surface area contributed by atoms with Crippen LogP contribution in [-0.2, 0) is 0 Å². The molecule has 0 bridgehead atoms. The summed E-state index contributed by atoms with van der Waals surface area (Å²) < 4.78 is 0. The number of allylic oxidation sites excluding steroid dienone is 5. The lowest BCUT2D eigenvalue weighted by molar-refractivity contribution is 0.103. The Kier molecular flexibility index (Phi) is 9.28. The normalized spacial score (nSPS) is 20.3. The molecule has 0 aromatic heterocycles. The lowest BCUT2D eigenvalue weighted by Crippen LogP contribution is -2.19. The van der Waals surface area contributed by atoms with Crippen LogP contribution in [0, 0.1) is 5.92 Å². The minimum atomic E-state index is -0.702. The van der Waals surface area contributed by atoms with Crippen molar-refractivity contribution in [1.29, 1.82) is 0 Å². The fourth-order valence-corrected chi connectivity index (χ4v) is 2.17. The second-order valence-corrected chi connectivity index (χ2v) is 6.75. The second kappa shape index (κ2) is 9.78. The monoisotopic (exact) mass is 290 g/mol. The quantitative estimate of drug-likeness (QED) is 0.618. The van der Waals surface area contributed by atoms with Crippen LogP contribution in [0.25, 0.3) is 0 Å². The van der Waals surface area contributed by atoms with E-state index in [-0.39, 0.29) is 0 Å². The molecule has 1 N–H and O–H groups in total. The van der Waals surface area contributed by atoms with E-state index in [1.54, 1.807) is 18.6 Å². The molecular weight excluding hydrogens is 256 g/mol. The molecule has 0 radical (unpaired) electrons. The fourth-order valence-electron chi connectivity index (χ4n) is 2.17. The molecule has 0 aliphatic heterocycles. The summed E-state index contributed by atoms with van der Waals surface area (Å²) in [4.78, 5) is 0. The Balaban J connectivity index is 0.000000382. The predicted molar refractivity (Wildman–Crippen MR) is 95.4 cm³/mol. The molecule has 0 saturated heterocycles. The highest BCUT2D eigenvalue weighted by Gasteiger charge is 2.13. The first-order valence-corrected chi connectivity index (χ1v) is 7.98. The second-order valence-electron chi connectivity index (χ2n) is 6.75. The van der Waals surface area contributed by atoms with Gasteiger partial charge in [0.1, 0.15) is 0 Å². The summed E-state index contributed by atoms with van der Waals surface area (Å²) in [6.45, 7) is 17.8. The van der Waals surface area contributed by atoms with E-state index in [0.717, 1.165) is 18.8 Å². The van der Waals surface area contributed by atoms with E-state index in [9.17, 15) is 5.11 Å². The molecule has 1 rings (SSSR count). The number of rotatable bonds is 5. The predicted octanol–water partition coefficient (Wildman–Crippen LogP) is 5.98. The van der Waals surface area contributed by atoms with Crippen LogP contribution in [0.5, 0.6) is 0 Å². The zero-order valence-electron chi connectivity index (χ0n) is 14.7. The topological polar surface area (TPSA) is 20.2 Å². The van der Waals surface area contributed by atoms with Crippen molar-refractivity contribution in [2.24, 2.45) is 5.92 Å². The molecule has 1 aliphatic rings. The minimum absolute atomic E-state index is 0.702.